The van der Waals surface area contributed by atoms with Gasteiger partial charge in [-0.25, -0.2) is 0 Å². The fourth-order valence-corrected chi connectivity index (χ4v) is 3.14. The molecule has 5 aromatic rings. The Morgan fingerprint density at radius 2 is 1.82 bits per heavy atom. The van der Waals surface area contributed by atoms with Crippen molar-refractivity contribution in [2.24, 2.45) is 0 Å². The number of nitrogens with one attached hydrogen (secondary N) is 2. The highest BCUT2D eigenvalue weighted by Crippen LogP contribution is 2.34. The van der Waals surface area contributed by atoms with Crippen molar-refractivity contribution in [1.29, 1.82) is 0 Å². The van der Waals surface area contributed by atoms with Gasteiger partial charge < -0.3 is 9.97 Å². The Balaban J connectivity index is 1.93. The third kappa shape index (κ3) is 1.46. The topological polar surface area (TPSA) is 57.4 Å². The summed E-state index contributed by atoms with van der Waals surface area (Å²) in [4.78, 5) is 15.6. The summed E-state index contributed by atoms with van der Waals surface area (Å²) in [5.74, 6) is 0. The van der Waals surface area contributed by atoms with E-state index < -0.39 is 0 Å². The molecule has 0 bridgehead atoms. The van der Waals surface area contributed by atoms with E-state index in [1.807, 2.05) is 49.1 Å². The monoisotopic (exact) mass is 284 g/mol. The molecule has 0 spiro atoms. The van der Waals surface area contributed by atoms with Crippen LogP contribution in [0.3, 0.4) is 0 Å². The maximum absolute atomic E-state index is 4.66. The first kappa shape index (κ1) is 11.5. The van der Waals surface area contributed by atoms with Crippen LogP contribution in [0, 0.1) is 0 Å². The quantitative estimate of drug-likeness (QED) is 0.483. The smallest absolute Gasteiger partial charge is 0.0965 e. The molecule has 0 amide bonds. The minimum absolute atomic E-state index is 0.997. The first-order valence-corrected chi connectivity index (χ1v) is 7.19. The van der Waals surface area contributed by atoms with Crippen molar-refractivity contribution >= 4 is 32.8 Å². The highest BCUT2D eigenvalue weighted by atomic mass is 14.8. The Morgan fingerprint density at radius 3 is 2.73 bits per heavy atom. The van der Waals surface area contributed by atoms with Crippen LogP contribution in [0.25, 0.3) is 44.0 Å². The van der Waals surface area contributed by atoms with Gasteiger partial charge in [-0.05, 0) is 11.6 Å². The lowest BCUT2D eigenvalue weighted by Crippen LogP contribution is -1.80. The van der Waals surface area contributed by atoms with Gasteiger partial charge >= 0.3 is 0 Å². The van der Waals surface area contributed by atoms with Crippen LogP contribution in [0.1, 0.15) is 0 Å². The Morgan fingerprint density at radius 1 is 0.909 bits per heavy atom. The van der Waals surface area contributed by atoms with Crippen LogP contribution in [0.2, 0.25) is 0 Å². The summed E-state index contributed by atoms with van der Waals surface area (Å²) in [5.41, 5.74) is 6.41. The molecule has 0 radical (unpaired) electrons. The average molecular weight is 284 g/mol. The molecule has 22 heavy (non-hydrogen) atoms. The Hall–Kier alpha value is -3.14. The third-order valence-electron chi connectivity index (χ3n) is 4.14. The van der Waals surface area contributed by atoms with Crippen molar-refractivity contribution in [3.63, 3.8) is 0 Å². The molecule has 5 rings (SSSR count). The second kappa shape index (κ2) is 4.18. The van der Waals surface area contributed by atoms with Crippen LogP contribution < -0.4 is 0 Å². The number of aromatic amines is 2. The second-order valence-corrected chi connectivity index (χ2v) is 5.39. The SMILES string of the molecule is c1ccc(-c2c[nH]c3c2ncc2[nH]c4cnccc4c23)cc1. The fraction of sp³-hybridized carbons (Fsp3) is 0. The lowest BCUT2D eigenvalue weighted by Gasteiger charge is -1.99. The molecule has 0 aliphatic heterocycles. The van der Waals surface area contributed by atoms with Gasteiger partial charge in [0.1, 0.15) is 0 Å². The molecule has 104 valence electrons. The molecular formula is C18H12N4. The normalized spacial score (nSPS) is 11.6. The van der Waals surface area contributed by atoms with Crippen molar-refractivity contribution < 1.29 is 0 Å². The standard InChI is InChI=1S/C18H12N4/c1-2-4-11(5-3-1)13-8-20-18-16-12-6-7-19-9-14(12)22-15(16)10-21-17(13)18/h1-10,20,22H. The largest absolute Gasteiger partial charge is 0.359 e. The number of H-pyrrole nitrogens is 2. The molecule has 0 atom stereocenters. The summed E-state index contributed by atoms with van der Waals surface area (Å²) in [6.45, 7) is 0. The fourth-order valence-electron chi connectivity index (χ4n) is 3.14. The number of fused-ring (bicyclic) bond motifs is 5. The highest BCUT2D eigenvalue weighted by Gasteiger charge is 2.13. The summed E-state index contributed by atoms with van der Waals surface area (Å²) in [6, 6.07) is 12.4. The van der Waals surface area contributed by atoms with Crippen molar-refractivity contribution in [3.8, 4) is 11.1 Å². The first-order chi connectivity index (χ1) is 10.9. The van der Waals surface area contributed by atoms with Crippen LogP contribution in [-0.4, -0.2) is 19.9 Å². The molecule has 0 fully saturated rings. The lowest BCUT2D eigenvalue weighted by atomic mass is 10.1. The van der Waals surface area contributed by atoms with E-state index >= 15 is 0 Å². The number of aromatic nitrogens is 4. The number of hydrogen-bond acceptors (Lipinski definition) is 2. The molecule has 0 saturated carbocycles. The van der Waals surface area contributed by atoms with Gasteiger partial charge in [-0.1, -0.05) is 30.3 Å². The molecule has 0 aliphatic carbocycles. The average Bonchev–Trinajstić information content (AvgIpc) is 3.16. The zero-order valence-corrected chi connectivity index (χ0v) is 11.7. The molecule has 4 heterocycles. The van der Waals surface area contributed by atoms with Crippen molar-refractivity contribution in [1.82, 2.24) is 19.9 Å². The highest BCUT2D eigenvalue weighted by molar-refractivity contribution is 6.19. The number of benzene rings is 1. The van der Waals surface area contributed by atoms with Gasteiger partial charge in [-0.15, -0.1) is 0 Å². The summed E-state index contributed by atoms with van der Waals surface area (Å²) in [6.07, 6.45) is 7.61. The maximum atomic E-state index is 4.66. The second-order valence-electron chi connectivity index (χ2n) is 5.39. The van der Waals surface area contributed by atoms with Crippen LogP contribution in [-0.2, 0) is 0 Å². The van der Waals surface area contributed by atoms with E-state index in [2.05, 4.69) is 32.1 Å². The van der Waals surface area contributed by atoms with E-state index in [4.69, 9.17) is 0 Å². The van der Waals surface area contributed by atoms with Crippen LogP contribution in [0.15, 0.2) is 61.2 Å². The molecule has 4 heteroatoms. The summed E-state index contributed by atoms with van der Waals surface area (Å²) in [7, 11) is 0. The van der Waals surface area contributed by atoms with E-state index in [0.29, 0.717) is 0 Å². The first-order valence-electron chi connectivity index (χ1n) is 7.19. The minimum atomic E-state index is 0.997. The van der Waals surface area contributed by atoms with Gasteiger partial charge in [-0.3, -0.25) is 9.97 Å². The molecule has 0 unspecified atom stereocenters. The zero-order chi connectivity index (χ0) is 14.5. The zero-order valence-electron chi connectivity index (χ0n) is 11.7. The molecule has 0 saturated heterocycles. The molecule has 4 aromatic heterocycles. The molecule has 4 nitrogen and oxygen atoms in total. The molecule has 0 aliphatic rings. The molecule has 2 N–H and O–H groups in total. The lowest BCUT2D eigenvalue weighted by molar-refractivity contribution is 1.34. The van der Waals surface area contributed by atoms with Crippen LogP contribution >= 0.6 is 0 Å². The Bertz CT molecular complexity index is 1120. The van der Waals surface area contributed by atoms with Crippen LogP contribution in [0.4, 0.5) is 0 Å². The van der Waals surface area contributed by atoms with E-state index in [-0.39, 0.29) is 0 Å². The summed E-state index contributed by atoms with van der Waals surface area (Å²) in [5, 5.41) is 2.34. The van der Waals surface area contributed by atoms with Crippen molar-refractivity contribution in [3.05, 3.63) is 61.2 Å². The Labute approximate surface area is 125 Å². The number of pyridine rings is 2. The molecular weight excluding hydrogens is 272 g/mol. The van der Waals surface area contributed by atoms with Gasteiger partial charge in [0.05, 0.1) is 34.5 Å². The summed E-state index contributed by atoms with van der Waals surface area (Å²) >= 11 is 0. The number of hydrogen-bond donors (Lipinski definition) is 2. The Kier molecular flexibility index (Phi) is 2.19. The van der Waals surface area contributed by atoms with Crippen molar-refractivity contribution in [2.45, 2.75) is 0 Å². The van der Waals surface area contributed by atoms with Gasteiger partial charge in [0.25, 0.3) is 0 Å². The number of nitrogens with zero attached hydrogens (tertiary/aromatic N) is 2. The van der Waals surface area contributed by atoms with Gasteiger partial charge in [0, 0.05) is 28.7 Å². The minimum Gasteiger partial charge on any atom is -0.359 e. The van der Waals surface area contributed by atoms with Gasteiger partial charge in [0.15, 0.2) is 0 Å². The van der Waals surface area contributed by atoms with E-state index in [9.17, 15) is 0 Å². The van der Waals surface area contributed by atoms with Gasteiger partial charge in [0.2, 0.25) is 0 Å². The van der Waals surface area contributed by atoms with Crippen molar-refractivity contribution in [2.75, 3.05) is 0 Å². The summed E-state index contributed by atoms with van der Waals surface area (Å²) < 4.78 is 0. The molecule has 1 aromatic carbocycles. The predicted octanol–water partition coefficient (Wildman–Crippen LogP) is 4.26. The van der Waals surface area contributed by atoms with E-state index in [1.165, 1.54) is 16.3 Å². The third-order valence-corrected chi connectivity index (χ3v) is 4.14. The maximum Gasteiger partial charge on any atom is 0.0965 e. The van der Waals surface area contributed by atoms with Crippen LogP contribution in [0.5, 0.6) is 0 Å². The predicted molar refractivity (Wildman–Crippen MR) is 88.7 cm³/mol. The van der Waals surface area contributed by atoms with E-state index in [1.54, 1.807) is 0 Å². The van der Waals surface area contributed by atoms with Gasteiger partial charge in [-0.2, -0.15) is 0 Å². The number of rotatable bonds is 1. The van der Waals surface area contributed by atoms with E-state index in [0.717, 1.165) is 27.6 Å².